The molecule has 1 amide bonds. The Balaban J connectivity index is 1.94. The molecule has 0 aromatic carbocycles. The third-order valence-electron chi connectivity index (χ3n) is 3.82. The van der Waals surface area contributed by atoms with Crippen LogP contribution in [-0.4, -0.2) is 20.7 Å². The summed E-state index contributed by atoms with van der Waals surface area (Å²) in [7, 11) is 0. The largest absolute Gasteiger partial charge is 0.309 e. The van der Waals surface area contributed by atoms with Gasteiger partial charge in [-0.05, 0) is 56.0 Å². The lowest BCUT2D eigenvalue weighted by Gasteiger charge is -2.25. The monoisotopic (exact) mass is 354 g/mol. The van der Waals surface area contributed by atoms with Crippen LogP contribution in [0.3, 0.4) is 0 Å². The molecule has 3 aromatic rings. The van der Waals surface area contributed by atoms with E-state index in [1.54, 1.807) is 32.2 Å². The summed E-state index contributed by atoms with van der Waals surface area (Å²) < 4.78 is 1.22. The predicted molar refractivity (Wildman–Crippen MR) is 98.7 cm³/mol. The lowest BCUT2D eigenvalue weighted by Crippen LogP contribution is -2.47. The molecule has 3 rings (SSSR count). The van der Waals surface area contributed by atoms with Crippen LogP contribution in [0.1, 0.15) is 19.4 Å². The maximum atomic E-state index is 12.7. The second-order valence-electron chi connectivity index (χ2n) is 6.18. The number of hydrogen-bond acceptors (Lipinski definition) is 5. The molecule has 0 saturated heterocycles. The molecule has 6 nitrogen and oxygen atoms in total. The highest BCUT2D eigenvalue weighted by Gasteiger charge is 2.32. The van der Waals surface area contributed by atoms with Gasteiger partial charge < -0.3 is 5.32 Å². The SMILES string of the molecule is Cc1ccnc(NC(=O)C(C)(C)n2nc(-c3cccs3)ccc2=O)c1. The Labute approximate surface area is 149 Å². The van der Waals surface area contributed by atoms with Crippen LogP contribution < -0.4 is 10.9 Å². The number of pyridine rings is 1. The van der Waals surface area contributed by atoms with Crippen molar-refractivity contribution in [2.45, 2.75) is 26.3 Å². The van der Waals surface area contributed by atoms with Gasteiger partial charge in [-0.15, -0.1) is 11.3 Å². The van der Waals surface area contributed by atoms with Crippen molar-refractivity contribution in [1.29, 1.82) is 0 Å². The van der Waals surface area contributed by atoms with E-state index >= 15 is 0 Å². The highest BCUT2D eigenvalue weighted by molar-refractivity contribution is 7.13. The predicted octanol–water partition coefficient (Wildman–Crippen LogP) is 3.05. The van der Waals surface area contributed by atoms with Crippen molar-refractivity contribution in [2.75, 3.05) is 5.32 Å². The van der Waals surface area contributed by atoms with Crippen molar-refractivity contribution in [2.24, 2.45) is 0 Å². The molecule has 3 aromatic heterocycles. The number of anilines is 1. The van der Waals surface area contributed by atoms with E-state index < -0.39 is 5.54 Å². The van der Waals surface area contributed by atoms with Crippen LogP contribution in [0.2, 0.25) is 0 Å². The maximum absolute atomic E-state index is 12.7. The number of amides is 1. The summed E-state index contributed by atoms with van der Waals surface area (Å²) in [5, 5.41) is 9.09. The highest BCUT2D eigenvalue weighted by Crippen LogP contribution is 2.23. The lowest BCUT2D eigenvalue weighted by molar-refractivity contribution is -0.123. The molecule has 0 spiro atoms. The van der Waals surface area contributed by atoms with E-state index in [2.05, 4.69) is 15.4 Å². The number of aromatic nitrogens is 3. The fraction of sp³-hybridized carbons (Fsp3) is 0.222. The van der Waals surface area contributed by atoms with Gasteiger partial charge in [0.25, 0.3) is 11.5 Å². The van der Waals surface area contributed by atoms with Crippen LogP contribution in [-0.2, 0) is 10.3 Å². The van der Waals surface area contributed by atoms with Gasteiger partial charge in [0, 0.05) is 12.3 Å². The zero-order valence-corrected chi connectivity index (χ0v) is 15.0. The van der Waals surface area contributed by atoms with Gasteiger partial charge >= 0.3 is 0 Å². The molecule has 3 heterocycles. The number of nitrogens with one attached hydrogen (secondary N) is 1. The number of aryl methyl sites for hydroxylation is 1. The van der Waals surface area contributed by atoms with Crippen molar-refractivity contribution in [1.82, 2.24) is 14.8 Å². The van der Waals surface area contributed by atoms with Gasteiger partial charge in [0.1, 0.15) is 17.1 Å². The van der Waals surface area contributed by atoms with Crippen molar-refractivity contribution < 1.29 is 4.79 Å². The molecule has 0 aliphatic carbocycles. The first-order valence-electron chi connectivity index (χ1n) is 7.77. The molecule has 0 fully saturated rings. The summed E-state index contributed by atoms with van der Waals surface area (Å²) in [6.07, 6.45) is 1.62. The van der Waals surface area contributed by atoms with E-state index in [1.165, 1.54) is 22.1 Å². The average molecular weight is 354 g/mol. The molecule has 0 saturated carbocycles. The Bertz CT molecular complexity index is 961. The maximum Gasteiger partial charge on any atom is 0.267 e. The van der Waals surface area contributed by atoms with Gasteiger partial charge in [-0.1, -0.05) is 6.07 Å². The van der Waals surface area contributed by atoms with E-state index in [0.29, 0.717) is 11.5 Å². The number of rotatable bonds is 4. The molecule has 1 N–H and O–H groups in total. The third kappa shape index (κ3) is 3.51. The molecule has 7 heteroatoms. The van der Waals surface area contributed by atoms with Crippen molar-refractivity contribution in [3.63, 3.8) is 0 Å². The zero-order chi connectivity index (χ0) is 18.0. The van der Waals surface area contributed by atoms with Crippen LogP contribution in [0.25, 0.3) is 10.6 Å². The molecule has 0 radical (unpaired) electrons. The quantitative estimate of drug-likeness (QED) is 0.781. The highest BCUT2D eigenvalue weighted by atomic mass is 32.1. The standard InChI is InChI=1S/C18H18N4O2S/c1-12-8-9-19-15(11-12)20-17(24)18(2,3)22-16(23)7-6-13(21-22)14-5-4-10-25-14/h4-11H,1-3H3,(H,19,20,24). The van der Waals surface area contributed by atoms with Crippen LogP contribution in [0.4, 0.5) is 5.82 Å². The molecule has 0 aliphatic rings. The van der Waals surface area contributed by atoms with E-state index in [1.807, 2.05) is 30.5 Å². The molecule has 0 atom stereocenters. The van der Waals surface area contributed by atoms with E-state index in [4.69, 9.17) is 0 Å². The number of thiophene rings is 1. The minimum atomic E-state index is -1.17. The molecule has 0 aliphatic heterocycles. The van der Waals surface area contributed by atoms with E-state index in [9.17, 15) is 9.59 Å². The lowest BCUT2D eigenvalue weighted by atomic mass is 10.0. The van der Waals surface area contributed by atoms with E-state index in [0.717, 1.165) is 10.4 Å². The van der Waals surface area contributed by atoms with Gasteiger partial charge in [-0.2, -0.15) is 5.10 Å². The Hall–Kier alpha value is -2.80. The van der Waals surface area contributed by atoms with Gasteiger partial charge in [0.05, 0.1) is 4.88 Å². The number of carbonyl (C=O) groups is 1. The third-order valence-corrected chi connectivity index (χ3v) is 4.71. The molecular weight excluding hydrogens is 336 g/mol. The van der Waals surface area contributed by atoms with Crippen LogP contribution >= 0.6 is 11.3 Å². The normalized spacial score (nSPS) is 11.3. The van der Waals surface area contributed by atoms with Gasteiger partial charge in [-0.25, -0.2) is 9.67 Å². The van der Waals surface area contributed by atoms with Crippen molar-refractivity contribution >= 4 is 23.1 Å². The summed E-state index contributed by atoms with van der Waals surface area (Å²) in [6.45, 7) is 5.23. The molecule has 128 valence electrons. The number of hydrogen-bond donors (Lipinski definition) is 1. The van der Waals surface area contributed by atoms with Crippen LogP contribution in [0, 0.1) is 6.92 Å². The van der Waals surface area contributed by atoms with Gasteiger partial charge in [0.15, 0.2) is 0 Å². The Morgan fingerprint density at radius 2 is 2.04 bits per heavy atom. The minimum absolute atomic E-state index is 0.336. The summed E-state index contributed by atoms with van der Waals surface area (Å²) in [6, 6.07) is 10.6. The topological polar surface area (TPSA) is 76.9 Å². The zero-order valence-electron chi connectivity index (χ0n) is 14.2. The van der Waals surface area contributed by atoms with Crippen molar-refractivity contribution in [3.05, 3.63) is 63.9 Å². The number of nitrogens with zero attached hydrogens (tertiary/aromatic N) is 3. The first kappa shape index (κ1) is 17.0. The summed E-state index contributed by atoms with van der Waals surface area (Å²) >= 11 is 1.53. The Morgan fingerprint density at radius 1 is 1.24 bits per heavy atom. The summed E-state index contributed by atoms with van der Waals surface area (Å²) in [5.41, 5.74) is 0.135. The molecular formula is C18H18N4O2S. The van der Waals surface area contributed by atoms with Crippen LogP contribution in [0.5, 0.6) is 0 Å². The first-order valence-corrected chi connectivity index (χ1v) is 8.65. The van der Waals surface area contributed by atoms with Gasteiger partial charge in [0.2, 0.25) is 0 Å². The Kier molecular flexibility index (Phi) is 4.50. The second-order valence-corrected chi connectivity index (χ2v) is 7.13. The van der Waals surface area contributed by atoms with Crippen molar-refractivity contribution in [3.8, 4) is 10.6 Å². The summed E-state index contributed by atoms with van der Waals surface area (Å²) in [5.74, 6) is 0.0871. The van der Waals surface area contributed by atoms with Gasteiger partial charge in [-0.3, -0.25) is 9.59 Å². The molecule has 0 bridgehead atoms. The summed E-state index contributed by atoms with van der Waals surface area (Å²) in [4.78, 5) is 30.1. The fourth-order valence-corrected chi connectivity index (χ4v) is 3.03. The molecule has 0 unspecified atom stereocenters. The minimum Gasteiger partial charge on any atom is -0.309 e. The first-order chi connectivity index (χ1) is 11.9. The Morgan fingerprint density at radius 3 is 2.72 bits per heavy atom. The fourth-order valence-electron chi connectivity index (χ4n) is 2.34. The smallest absolute Gasteiger partial charge is 0.267 e. The second kappa shape index (κ2) is 6.60. The number of carbonyl (C=O) groups excluding carboxylic acids is 1. The molecule has 25 heavy (non-hydrogen) atoms. The van der Waals surface area contributed by atoms with Crippen LogP contribution in [0.15, 0.2) is 52.8 Å². The average Bonchev–Trinajstić information content (AvgIpc) is 3.09. The van der Waals surface area contributed by atoms with E-state index in [-0.39, 0.29) is 11.5 Å².